The minimum atomic E-state index is -1.36. The maximum absolute atomic E-state index is 11.6. The fraction of sp³-hybridized carbons (Fsp3) is 0.556. The molecule has 4 atom stereocenters. The number of halogens is 1. The van der Waals surface area contributed by atoms with Crippen LogP contribution in [0.4, 0.5) is 0 Å². The zero-order valence-corrected chi connectivity index (χ0v) is 11.1. The van der Waals surface area contributed by atoms with E-state index in [0.717, 1.165) is 4.57 Å². The number of hydrogen-bond acceptors (Lipinski definition) is 6. The molecule has 0 spiro atoms. The molecule has 0 saturated carbocycles. The second-order valence-electron chi connectivity index (χ2n) is 3.87. The van der Waals surface area contributed by atoms with Crippen LogP contribution < -0.4 is 11.2 Å². The molecule has 0 amide bonds. The Labute approximate surface area is 114 Å². The lowest BCUT2D eigenvalue weighted by atomic mass is 10.1. The summed E-state index contributed by atoms with van der Waals surface area (Å²) in [6.07, 6.45) is -3.54. The summed E-state index contributed by atoms with van der Waals surface area (Å²) in [4.78, 5) is 24.9. The van der Waals surface area contributed by atoms with Gasteiger partial charge in [0.2, 0.25) is 0 Å². The van der Waals surface area contributed by atoms with Gasteiger partial charge in [0.25, 0.3) is 5.56 Å². The molecule has 1 aliphatic rings. The predicted molar refractivity (Wildman–Crippen MR) is 67.0 cm³/mol. The van der Waals surface area contributed by atoms with E-state index in [-0.39, 0.29) is 3.57 Å². The van der Waals surface area contributed by atoms with E-state index < -0.39 is 42.4 Å². The summed E-state index contributed by atoms with van der Waals surface area (Å²) in [6, 6.07) is 0. The minimum Gasteiger partial charge on any atom is -0.394 e. The van der Waals surface area contributed by atoms with Crippen LogP contribution in [0.1, 0.15) is 6.23 Å². The molecule has 1 saturated heterocycles. The summed E-state index contributed by atoms with van der Waals surface area (Å²) in [5.41, 5.74) is -1.29. The third-order valence-corrected chi connectivity index (χ3v) is 3.48. The third-order valence-electron chi connectivity index (χ3n) is 2.72. The van der Waals surface area contributed by atoms with Gasteiger partial charge in [0, 0.05) is 6.20 Å². The lowest BCUT2D eigenvalue weighted by molar-refractivity contribution is -0.0551. The fourth-order valence-corrected chi connectivity index (χ4v) is 2.19. The van der Waals surface area contributed by atoms with Gasteiger partial charge < -0.3 is 20.1 Å². The molecule has 1 fully saturated rings. The van der Waals surface area contributed by atoms with Gasteiger partial charge in [-0.15, -0.1) is 0 Å². The number of nitrogens with one attached hydrogen (secondary N) is 1. The highest BCUT2D eigenvalue weighted by atomic mass is 127. The van der Waals surface area contributed by atoms with Crippen molar-refractivity contribution in [2.45, 2.75) is 24.5 Å². The van der Waals surface area contributed by atoms with Crippen LogP contribution >= 0.6 is 22.6 Å². The van der Waals surface area contributed by atoms with Crippen LogP contribution in [-0.2, 0) is 4.74 Å². The minimum absolute atomic E-state index is 0.241. The number of nitrogens with zero attached hydrogens (tertiary/aromatic N) is 1. The SMILES string of the molecule is O=c1[nH]c(=O)n([C@H]2O[C@@H](CO)[C@@H](O)[C@H]2O)cc1I. The zero-order chi connectivity index (χ0) is 13.4. The molecule has 4 N–H and O–H groups in total. The van der Waals surface area contributed by atoms with Crippen molar-refractivity contribution in [3.05, 3.63) is 30.6 Å². The third kappa shape index (κ3) is 2.23. The highest BCUT2D eigenvalue weighted by Crippen LogP contribution is 2.27. The lowest BCUT2D eigenvalue weighted by Gasteiger charge is -2.17. The summed E-state index contributed by atoms with van der Waals surface area (Å²) < 4.78 is 6.40. The van der Waals surface area contributed by atoms with E-state index >= 15 is 0 Å². The monoisotopic (exact) mass is 370 g/mol. The Balaban J connectivity index is 2.42. The lowest BCUT2D eigenvalue weighted by Crippen LogP contribution is -2.38. The van der Waals surface area contributed by atoms with E-state index in [2.05, 4.69) is 4.98 Å². The van der Waals surface area contributed by atoms with Gasteiger partial charge in [-0.1, -0.05) is 0 Å². The summed E-state index contributed by atoms with van der Waals surface area (Å²) in [5.74, 6) is 0. The van der Waals surface area contributed by atoms with E-state index in [9.17, 15) is 19.8 Å². The molecule has 0 aliphatic carbocycles. The van der Waals surface area contributed by atoms with Gasteiger partial charge in [-0.2, -0.15) is 0 Å². The smallest absolute Gasteiger partial charge is 0.330 e. The van der Waals surface area contributed by atoms with Gasteiger partial charge >= 0.3 is 5.69 Å². The Bertz CT molecular complexity index is 555. The Kier molecular flexibility index (Phi) is 3.87. The molecule has 0 aromatic carbocycles. The summed E-state index contributed by atoms with van der Waals surface area (Å²) in [6.45, 7) is -0.482. The van der Waals surface area contributed by atoms with Crippen molar-refractivity contribution in [2.24, 2.45) is 0 Å². The first-order chi connectivity index (χ1) is 8.45. The van der Waals surface area contributed by atoms with Crippen molar-refractivity contribution in [1.82, 2.24) is 9.55 Å². The topological polar surface area (TPSA) is 125 Å². The van der Waals surface area contributed by atoms with Crippen LogP contribution in [0.15, 0.2) is 15.8 Å². The van der Waals surface area contributed by atoms with Crippen LogP contribution in [0.3, 0.4) is 0 Å². The maximum Gasteiger partial charge on any atom is 0.330 e. The highest BCUT2D eigenvalue weighted by molar-refractivity contribution is 14.1. The second kappa shape index (κ2) is 5.09. The standard InChI is InChI=1S/C9H11IN2O6/c10-3-1-12(9(17)11-7(3)16)8-6(15)5(14)4(2-13)18-8/h1,4-6,8,13-15H,2H2,(H,11,16,17)/t4-,5+,6+,8-/m0/s1. The molecule has 0 radical (unpaired) electrons. The highest BCUT2D eigenvalue weighted by Gasteiger charge is 2.43. The number of hydrogen-bond donors (Lipinski definition) is 4. The second-order valence-corrected chi connectivity index (χ2v) is 5.03. The van der Waals surface area contributed by atoms with E-state index in [4.69, 9.17) is 9.84 Å². The number of aliphatic hydroxyl groups is 3. The molecule has 1 aromatic heterocycles. The van der Waals surface area contributed by atoms with Gasteiger partial charge in [0.05, 0.1) is 10.2 Å². The molecular formula is C9H11IN2O6. The summed E-state index contributed by atoms with van der Waals surface area (Å²) in [5, 5.41) is 28.3. The first-order valence-corrected chi connectivity index (χ1v) is 6.17. The first kappa shape index (κ1) is 13.7. The number of H-pyrrole nitrogens is 1. The van der Waals surface area contributed by atoms with Crippen LogP contribution in [0.2, 0.25) is 0 Å². The molecule has 18 heavy (non-hydrogen) atoms. The number of aromatic nitrogens is 2. The average molecular weight is 370 g/mol. The van der Waals surface area contributed by atoms with Crippen LogP contribution in [0, 0.1) is 3.57 Å². The van der Waals surface area contributed by atoms with Crippen molar-refractivity contribution in [1.29, 1.82) is 0 Å². The predicted octanol–water partition coefficient (Wildman–Crippen LogP) is -2.25. The average Bonchev–Trinajstić information content (AvgIpc) is 2.61. The van der Waals surface area contributed by atoms with Gasteiger partial charge in [-0.05, 0) is 22.6 Å². The Morgan fingerprint density at radius 2 is 2.06 bits per heavy atom. The largest absolute Gasteiger partial charge is 0.394 e. The van der Waals surface area contributed by atoms with Gasteiger partial charge in [0.1, 0.15) is 18.3 Å². The van der Waals surface area contributed by atoms with Crippen molar-refractivity contribution >= 4 is 22.6 Å². The molecule has 100 valence electrons. The van der Waals surface area contributed by atoms with Crippen molar-refractivity contribution in [2.75, 3.05) is 6.61 Å². The van der Waals surface area contributed by atoms with Crippen molar-refractivity contribution in [3.8, 4) is 0 Å². The molecule has 2 rings (SSSR count). The molecule has 2 heterocycles. The Hall–Kier alpha value is -0.750. The fourth-order valence-electron chi connectivity index (χ4n) is 1.76. The molecular weight excluding hydrogens is 359 g/mol. The normalized spacial score (nSPS) is 31.8. The Morgan fingerprint density at radius 3 is 2.61 bits per heavy atom. The van der Waals surface area contributed by atoms with Crippen LogP contribution in [-0.4, -0.2) is 49.8 Å². The molecule has 0 bridgehead atoms. The van der Waals surface area contributed by atoms with E-state index in [1.165, 1.54) is 6.20 Å². The molecule has 0 unspecified atom stereocenters. The number of ether oxygens (including phenoxy) is 1. The zero-order valence-electron chi connectivity index (χ0n) is 8.99. The van der Waals surface area contributed by atoms with E-state index in [1.807, 2.05) is 0 Å². The van der Waals surface area contributed by atoms with E-state index in [1.54, 1.807) is 22.6 Å². The van der Waals surface area contributed by atoms with Crippen LogP contribution in [0.25, 0.3) is 0 Å². The van der Waals surface area contributed by atoms with Crippen molar-refractivity contribution < 1.29 is 20.1 Å². The Morgan fingerprint density at radius 1 is 1.39 bits per heavy atom. The number of rotatable bonds is 2. The molecule has 1 aliphatic heterocycles. The number of aliphatic hydroxyl groups excluding tert-OH is 3. The maximum atomic E-state index is 11.6. The van der Waals surface area contributed by atoms with Crippen LogP contribution in [0.5, 0.6) is 0 Å². The van der Waals surface area contributed by atoms with Crippen molar-refractivity contribution in [3.63, 3.8) is 0 Å². The molecule has 9 heteroatoms. The molecule has 1 aromatic rings. The first-order valence-electron chi connectivity index (χ1n) is 5.09. The number of aromatic amines is 1. The van der Waals surface area contributed by atoms with E-state index in [0.29, 0.717) is 0 Å². The summed E-state index contributed by atoms with van der Waals surface area (Å²) >= 11 is 1.73. The molecule has 8 nitrogen and oxygen atoms in total. The van der Waals surface area contributed by atoms with Gasteiger partial charge in [-0.25, -0.2) is 4.79 Å². The van der Waals surface area contributed by atoms with Gasteiger partial charge in [0.15, 0.2) is 6.23 Å². The van der Waals surface area contributed by atoms with Gasteiger partial charge in [-0.3, -0.25) is 14.3 Å². The quantitative estimate of drug-likeness (QED) is 0.436. The summed E-state index contributed by atoms with van der Waals surface area (Å²) in [7, 11) is 0.